The van der Waals surface area contributed by atoms with Crippen LogP contribution in [-0.2, 0) is 0 Å². The van der Waals surface area contributed by atoms with Crippen LogP contribution in [0, 0.1) is 5.41 Å². The van der Waals surface area contributed by atoms with Gasteiger partial charge in [-0.05, 0) is 35.7 Å². The van der Waals surface area contributed by atoms with Crippen molar-refractivity contribution in [2.24, 2.45) is 0 Å². The standard InChI is InChI=1S/C20H20N2O3/c1-12(2)13-7-9-15(10-8-13)22-20(23)16-11-14-5-4-6-17(24-3)18(14)25-19(16)21/h4-12,21H,1-3H3,(H,22,23). The molecule has 0 aliphatic rings. The van der Waals surface area contributed by atoms with Gasteiger partial charge in [0.25, 0.3) is 5.91 Å². The summed E-state index contributed by atoms with van der Waals surface area (Å²) in [7, 11) is 1.54. The first kappa shape index (κ1) is 16.8. The van der Waals surface area contributed by atoms with E-state index in [1.54, 1.807) is 12.1 Å². The number of carbonyl (C=O) groups is 1. The Morgan fingerprint density at radius 2 is 1.88 bits per heavy atom. The van der Waals surface area contributed by atoms with Gasteiger partial charge in [-0.1, -0.05) is 38.1 Å². The Balaban J connectivity index is 1.92. The maximum absolute atomic E-state index is 12.5. The van der Waals surface area contributed by atoms with E-state index >= 15 is 0 Å². The fraction of sp³-hybridized carbons (Fsp3) is 0.200. The fourth-order valence-electron chi connectivity index (χ4n) is 2.61. The number of para-hydroxylation sites is 1. The minimum absolute atomic E-state index is 0.175. The van der Waals surface area contributed by atoms with Crippen molar-refractivity contribution in [3.05, 3.63) is 65.2 Å². The lowest BCUT2D eigenvalue weighted by Crippen LogP contribution is -2.20. The van der Waals surface area contributed by atoms with E-state index in [0.717, 1.165) is 0 Å². The lowest BCUT2D eigenvalue weighted by atomic mass is 10.0. The van der Waals surface area contributed by atoms with Gasteiger partial charge in [0.05, 0.1) is 7.11 Å². The molecule has 0 fully saturated rings. The van der Waals surface area contributed by atoms with Crippen molar-refractivity contribution >= 4 is 22.6 Å². The van der Waals surface area contributed by atoms with Crippen LogP contribution in [0.5, 0.6) is 5.75 Å². The van der Waals surface area contributed by atoms with Gasteiger partial charge in [0.15, 0.2) is 11.3 Å². The zero-order chi connectivity index (χ0) is 18.0. The number of ether oxygens (including phenoxy) is 1. The van der Waals surface area contributed by atoms with E-state index < -0.39 is 0 Å². The predicted molar refractivity (Wildman–Crippen MR) is 97.1 cm³/mol. The molecule has 3 aromatic rings. The Morgan fingerprint density at radius 3 is 2.52 bits per heavy atom. The monoisotopic (exact) mass is 336 g/mol. The molecule has 0 spiro atoms. The second-order valence-electron chi connectivity index (χ2n) is 6.10. The van der Waals surface area contributed by atoms with Gasteiger partial charge in [-0.25, -0.2) is 0 Å². The Kier molecular flexibility index (Phi) is 4.57. The highest BCUT2D eigenvalue weighted by molar-refractivity contribution is 6.05. The zero-order valence-corrected chi connectivity index (χ0v) is 14.4. The second-order valence-corrected chi connectivity index (χ2v) is 6.10. The first-order valence-corrected chi connectivity index (χ1v) is 8.06. The minimum Gasteiger partial charge on any atom is -0.493 e. The van der Waals surface area contributed by atoms with Crippen LogP contribution >= 0.6 is 0 Å². The summed E-state index contributed by atoms with van der Waals surface area (Å²) in [5, 5.41) is 11.5. The highest BCUT2D eigenvalue weighted by Crippen LogP contribution is 2.24. The summed E-state index contributed by atoms with van der Waals surface area (Å²) in [4.78, 5) is 12.5. The molecular weight excluding hydrogens is 316 g/mol. The van der Waals surface area contributed by atoms with Crippen molar-refractivity contribution in [2.45, 2.75) is 19.8 Å². The van der Waals surface area contributed by atoms with E-state index in [1.165, 1.54) is 12.7 Å². The van der Waals surface area contributed by atoms with Crippen LogP contribution in [0.4, 0.5) is 5.69 Å². The van der Waals surface area contributed by atoms with Gasteiger partial charge in [0.1, 0.15) is 5.56 Å². The van der Waals surface area contributed by atoms with Crippen molar-refractivity contribution in [2.75, 3.05) is 12.4 Å². The molecule has 3 rings (SSSR count). The first-order valence-electron chi connectivity index (χ1n) is 8.06. The van der Waals surface area contributed by atoms with Crippen molar-refractivity contribution in [1.29, 1.82) is 5.41 Å². The number of hydrogen-bond donors (Lipinski definition) is 2. The molecule has 1 aromatic heterocycles. The molecule has 0 radical (unpaired) electrons. The van der Waals surface area contributed by atoms with Crippen LogP contribution in [0.15, 0.2) is 52.9 Å². The maximum atomic E-state index is 12.5. The maximum Gasteiger partial charge on any atom is 0.261 e. The summed E-state index contributed by atoms with van der Waals surface area (Å²) < 4.78 is 10.7. The lowest BCUT2D eigenvalue weighted by molar-refractivity contribution is 0.102. The van der Waals surface area contributed by atoms with Gasteiger partial charge in [-0.15, -0.1) is 0 Å². The summed E-state index contributed by atoms with van der Waals surface area (Å²) in [5.74, 6) is 0.580. The minimum atomic E-state index is -0.379. The summed E-state index contributed by atoms with van der Waals surface area (Å²) in [5.41, 5.74) is 2.31. The van der Waals surface area contributed by atoms with Gasteiger partial charge < -0.3 is 14.5 Å². The van der Waals surface area contributed by atoms with E-state index in [1.807, 2.05) is 36.4 Å². The largest absolute Gasteiger partial charge is 0.493 e. The molecule has 5 nitrogen and oxygen atoms in total. The molecule has 2 aromatic carbocycles. The van der Waals surface area contributed by atoms with Crippen LogP contribution in [0.25, 0.3) is 11.0 Å². The number of benzene rings is 2. The third kappa shape index (κ3) is 3.40. The SMILES string of the molecule is COc1cccc2cc(C(=O)Nc3ccc(C(C)C)cc3)c(=N)oc12. The van der Waals surface area contributed by atoms with Crippen LogP contribution < -0.4 is 15.6 Å². The highest BCUT2D eigenvalue weighted by Gasteiger charge is 2.14. The molecule has 0 aliphatic carbocycles. The van der Waals surface area contributed by atoms with Gasteiger partial charge >= 0.3 is 0 Å². The number of carbonyl (C=O) groups excluding carboxylic acids is 1. The van der Waals surface area contributed by atoms with Crippen LogP contribution in [0.2, 0.25) is 0 Å². The van der Waals surface area contributed by atoms with Gasteiger partial charge in [-0.2, -0.15) is 0 Å². The van der Waals surface area contributed by atoms with E-state index in [4.69, 9.17) is 14.6 Å². The summed E-state index contributed by atoms with van der Waals surface area (Å²) in [6, 6.07) is 14.7. The summed E-state index contributed by atoms with van der Waals surface area (Å²) >= 11 is 0. The molecule has 0 saturated carbocycles. The third-order valence-electron chi connectivity index (χ3n) is 4.06. The van der Waals surface area contributed by atoms with E-state index in [2.05, 4.69) is 19.2 Å². The van der Waals surface area contributed by atoms with Crippen molar-refractivity contribution < 1.29 is 13.9 Å². The Bertz CT molecular complexity index is 972. The third-order valence-corrected chi connectivity index (χ3v) is 4.06. The molecule has 25 heavy (non-hydrogen) atoms. The smallest absolute Gasteiger partial charge is 0.261 e. The number of hydrogen-bond acceptors (Lipinski definition) is 4. The van der Waals surface area contributed by atoms with Gasteiger partial charge in [0.2, 0.25) is 5.55 Å². The summed E-state index contributed by atoms with van der Waals surface area (Å²) in [6.07, 6.45) is 0. The van der Waals surface area contributed by atoms with Crippen LogP contribution in [0.3, 0.4) is 0 Å². The van der Waals surface area contributed by atoms with E-state index in [9.17, 15) is 4.79 Å². The molecule has 128 valence electrons. The van der Waals surface area contributed by atoms with Crippen LogP contribution in [0.1, 0.15) is 35.7 Å². The molecular formula is C20H20N2O3. The normalized spacial score (nSPS) is 10.9. The number of methoxy groups -OCH3 is 1. The van der Waals surface area contributed by atoms with Crippen LogP contribution in [-0.4, -0.2) is 13.0 Å². The lowest BCUT2D eigenvalue weighted by Gasteiger charge is -2.09. The highest BCUT2D eigenvalue weighted by atomic mass is 16.5. The van der Waals surface area contributed by atoms with Crippen molar-refractivity contribution in [1.82, 2.24) is 0 Å². The molecule has 0 unspecified atom stereocenters. The number of nitrogens with one attached hydrogen (secondary N) is 2. The Labute approximate surface area is 145 Å². The van der Waals surface area contributed by atoms with Gasteiger partial charge in [-0.3, -0.25) is 10.2 Å². The quantitative estimate of drug-likeness (QED) is 0.746. The van der Waals surface area contributed by atoms with Crippen molar-refractivity contribution in [3.8, 4) is 5.75 Å². The average molecular weight is 336 g/mol. The molecule has 2 N–H and O–H groups in total. The molecule has 0 bridgehead atoms. The Hall–Kier alpha value is -3.08. The molecule has 1 heterocycles. The number of rotatable bonds is 4. The van der Waals surface area contributed by atoms with Crippen molar-refractivity contribution in [3.63, 3.8) is 0 Å². The molecule has 0 atom stereocenters. The molecule has 0 saturated heterocycles. The van der Waals surface area contributed by atoms with Gasteiger partial charge in [0, 0.05) is 11.1 Å². The Morgan fingerprint density at radius 1 is 1.16 bits per heavy atom. The second kappa shape index (κ2) is 6.81. The number of amides is 1. The molecule has 5 heteroatoms. The average Bonchev–Trinajstić information content (AvgIpc) is 2.61. The topological polar surface area (TPSA) is 75.3 Å². The predicted octanol–water partition coefficient (Wildman–Crippen LogP) is 4.30. The van der Waals surface area contributed by atoms with E-state index in [0.29, 0.717) is 28.3 Å². The number of anilines is 1. The van der Waals surface area contributed by atoms with E-state index in [-0.39, 0.29) is 17.0 Å². The first-order chi connectivity index (χ1) is 12.0. The fourth-order valence-corrected chi connectivity index (χ4v) is 2.61. The number of fused-ring (bicyclic) bond motifs is 1. The molecule has 1 amide bonds. The zero-order valence-electron chi connectivity index (χ0n) is 14.4. The molecule has 0 aliphatic heterocycles. The summed E-state index contributed by atoms with van der Waals surface area (Å²) in [6.45, 7) is 4.23.